The van der Waals surface area contributed by atoms with Gasteiger partial charge in [0.1, 0.15) is 11.2 Å². The fourth-order valence-electron chi connectivity index (χ4n) is 10.5. The van der Waals surface area contributed by atoms with Crippen molar-refractivity contribution in [1.82, 2.24) is 0 Å². The minimum atomic E-state index is -0.144. The molecule has 1 fully saturated rings. The Bertz CT molecular complexity index is 2410. The highest BCUT2D eigenvalue weighted by atomic mass is 16.3. The van der Waals surface area contributed by atoms with Gasteiger partial charge in [0.15, 0.2) is 7.28 Å². The standard InChI is InChI=1S/C45H45BN2O/c1-42(2,3)26-23-31-41-32(24-26)46-39-34(48(41)45(7)22-13-12-21-44(31,45)6)25-36-37(27-15-8-11-20-35(27)49-36)38(39)28-16-14-18-30-40(28)47-33-19-10-9-17-29(33)43(30,4)5/h8-11,14-20,23-25,46-47H,12-13,21-22H2,1-7H3. The summed E-state index contributed by atoms with van der Waals surface area (Å²) in [6, 6.07) is 32.0. The molecule has 6 aromatic rings. The molecule has 0 saturated heterocycles. The van der Waals surface area contributed by atoms with Crippen molar-refractivity contribution in [1.29, 1.82) is 0 Å². The molecule has 1 N–H and O–H groups in total. The third kappa shape index (κ3) is 3.65. The van der Waals surface area contributed by atoms with Gasteiger partial charge in [0, 0.05) is 50.3 Å². The van der Waals surface area contributed by atoms with Crippen LogP contribution in [0.15, 0.2) is 89.3 Å². The lowest BCUT2D eigenvalue weighted by Crippen LogP contribution is -2.57. The van der Waals surface area contributed by atoms with Crippen molar-refractivity contribution in [2.24, 2.45) is 0 Å². The van der Waals surface area contributed by atoms with E-state index in [1.807, 2.05) is 0 Å². The molecule has 10 rings (SSSR count). The van der Waals surface area contributed by atoms with Crippen LogP contribution in [0.4, 0.5) is 22.7 Å². The molecular weight excluding hydrogens is 595 g/mol. The molecule has 4 heteroatoms. The summed E-state index contributed by atoms with van der Waals surface area (Å²) in [6.45, 7) is 17.0. The van der Waals surface area contributed by atoms with E-state index in [4.69, 9.17) is 4.42 Å². The van der Waals surface area contributed by atoms with Gasteiger partial charge in [-0.1, -0.05) is 127 Å². The summed E-state index contributed by atoms with van der Waals surface area (Å²) < 4.78 is 6.83. The molecule has 0 amide bonds. The highest BCUT2D eigenvalue weighted by Crippen LogP contribution is 2.62. The Kier molecular flexibility index (Phi) is 5.66. The number of benzene rings is 5. The van der Waals surface area contributed by atoms with E-state index >= 15 is 0 Å². The molecule has 4 heterocycles. The predicted octanol–water partition coefficient (Wildman–Crippen LogP) is 10.4. The Morgan fingerprint density at radius 3 is 2.37 bits per heavy atom. The molecule has 5 aromatic carbocycles. The van der Waals surface area contributed by atoms with E-state index < -0.39 is 0 Å². The summed E-state index contributed by atoms with van der Waals surface area (Å²) in [6.07, 6.45) is 4.95. The average molecular weight is 641 g/mol. The summed E-state index contributed by atoms with van der Waals surface area (Å²) in [7, 11) is 0.901. The van der Waals surface area contributed by atoms with Crippen molar-refractivity contribution in [3.8, 4) is 11.1 Å². The third-order valence-electron chi connectivity index (χ3n) is 13.4. The van der Waals surface area contributed by atoms with E-state index in [9.17, 15) is 0 Å². The Hall–Kier alpha value is -4.44. The highest BCUT2D eigenvalue weighted by Gasteiger charge is 2.59. The molecule has 0 radical (unpaired) electrons. The van der Waals surface area contributed by atoms with Gasteiger partial charge in [-0.3, -0.25) is 0 Å². The largest absolute Gasteiger partial charge is 0.456 e. The smallest absolute Gasteiger partial charge is 0.198 e. The zero-order valence-electron chi connectivity index (χ0n) is 30.0. The van der Waals surface area contributed by atoms with Gasteiger partial charge in [-0.2, -0.15) is 0 Å². The predicted molar refractivity (Wildman–Crippen MR) is 209 cm³/mol. The average Bonchev–Trinajstić information content (AvgIpc) is 3.54. The Morgan fingerprint density at radius 2 is 1.53 bits per heavy atom. The van der Waals surface area contributed by atoms with E-state index in [-0.39, 0.29) is 21.8 Å². The fourth-order valence-corrected chi connectivity index (χ4v) is 10.5. The maximum absolute atomic E-state index is 6.83. The van der Waals surface area contributed by atoms with Crippen LogP contribution in [0.2, 0.25) is 0 Å². The number of rotatable bonds is 1. The van der Waals surface area contributed by atoms with Gasteiger partial charge in [-0.05, 0) is 70.6 Å². The normalized spacial score (nSPS) is 22.9. The van der Waals surface area contributed by atoms with Crippen LogP contribution in [-0.2, 0) is 16.2 Å². The zero-order chi connectivity index (χ0) is 33.7. The number of fused-ring (bicyclic) bond motifs is 10. The Morgan fingerprint density at radius 1 is 0.776 bits per heavy atom. The number of anilines is 4. The van der Waals surface area contributed by atoms with Crippen LogP contribution >= 0.6 is 0 Å². The van der Waals surface area contributed by atoms with E-state index in [1.54, 1.807) is 5.56 Å². The fraction of sp³-hybridized carbons (Fsp3) is 0.333. The number of nitrogens with one attached hydrogen (secondary N) is 1. The maximum Gasteiger partial charge on any atom is 0.198 e. The van der Waals surface area contributed by atoms with Gasteiger partial charge in [-0.15, -0.1) is 0 Å². The molecule has 0 spiro atoms. The van der Waals surface area contributed by atoms with Crippen LogP contribution < -0.4 is 21.1 Å². The lowest BCUT2D eigenvalue weighted by Gasteiger charge is -2.51. The first-order valence-corrected chi connectivity index (χ1v) is 18.4. The van der Waals surface area contributed by atoms with Crippen LogP contribution in [0.5, 0.6) is 0 Å². The molecular formula is C45H45BN2O. The highest BCUT2D eigenvalue weighted by molar-refractivity contribution is 6.74. The van der Waals surface area contributed by atoms with Crippen molar-refractivity contribution in [2.75, 3.05) is 10.2 Å². The van der Waals surface area contributed by atoms with Crippen molar-refractivity contribution in [3.05, 3.63) is 107 Å². The van der Waals surface area contributed by atoms with Crippen LogP contribution in [0.1, 0.15) is 96.4 Å². The molecule has 244 valence electrons. The summed E-state index contributed by atoms with van der Waals surface area (Å²) in [5.41, 5.74) is 18.3. The summed E-state index contributed by atoms with van der Waals surface area (Å²) >= 11 is 0. The van der Waals surface area contributed by atoms with Crippen LogP contribution in [0.3, 0.4) is 0 Å². The minimum Gasteiger partial charge on any atom is -0.456 e. The van der Waals surface area contributed by atoms with Crippen molar-refractivity contribution >= 4 is 62.9 Å². The van der Waals surface area contributed by atoms with Crippen molar-refractivity contribution < 1.29 is 4.42 Å². The molecule has 2 unspecified atom stereocenters. The number of nitrogens with zero attached hydrogens (tertiary/aromatic N) is 1. The van der Waals surface area contributed by atoms with E-state index in [0.29, 0.717) is 0 Å². The SMILES string of the molecule is CC(C)(C)c1cc2c3c(c1)C1(C)CCCCC1(C)N3c1cc3oc4ccccc4c3c(-c3cccc4c3Nc3ccccc3C4(C)C)c1B2. The number of hydrogen-bond acceptors (Lipinski definition) is 3. The van der Waals surface area contributed by atoms with E-state index in [0.717, 1.165) is 18.4 Å². The van der Waals surface area contributed by atoms with Crippen LogP contribution in [-0.4, -0.2) is 12.8 Å². The first-order valence-electron chi connectivity index (χ1n) is 18.4. The summed E-state index contributed by atoms with van der Waals surface area (Å²) in [4.78, 5) is 2.81. The maximum atomic E-state index is 6.83. The first-order chi connectivity index (χ1) is 23.4. The summed E-state index contributed by atoms with van der Waals surface area (Å²) in [5, 5.41) is 6.39. The molecule has 3 nitrogen and oxygen atoms in total. The van der Waals surface area contributed by atoms with E-state index in [2.05, 4.69) is 144 Å². The number of hydrogen-bond donors (Lipinski definition) is 1. The second-order valence-electron chi connectivity index (χ2n) is 17.4. The molecule has 1 aliphatic carbocycles. The van der Waals surface area contributed by atoms with Gasteiger partial charge in [-0.25, -0.2) is 0 Å². The van der Waals surface area contributed by atoms with Crippen LogP contribution in [0, 0.1) is 0 Å². The second-order valence-corrected chi connectivity index (χ2v) is 17.4. The Balaban J connectivity index is 1.34. The molecule has 2 atom stereocenters. The molecule has 1 aromatic heterocycles. The Labute approximate surface area is 291 Å². The molecule has 1 saturated carbocycles. The number of para-hydroxylation sites is 3. The molecule has 4 aliphatic rings. The van der Waals surface area contributed by atoms with Gasteiger partial charge in [0.05, 0.1) is 11.2 Å². The lowest BCUT2D eigenvalue weighted by atomic mass is 9.56. The van der Waals surface area contributed by atoms with Gasteiger partial charge in [0.25, 0.3) is 0 Å². The van der Waals surface area contributed by atoms with Gasteiger partial charge >= 0.3 is 0 Å². The zero-order valence-corrected chi connectivity index (χ0v) is 30.0. The van der Waals surface area contributed by atoms with E-state index in [1.165, 1.54) is 97.9 Å². The second kappa shape index (κ2) is 9.41. The van der Waals surface area contributed by atoms with Gasteiger partial charge < -0.3 is 14.6 Å². The quantitative estimate of drug-likeness (QED) is 0.181. The first kappa shape index (κ1) is 29.5. The minimum absolute atomic E-state index is 0.0275. The molecule has 49 heavy (non-hydrogen) atoms. The topological polar surface area (TPSA) is 28.4 Å². The van der Waals surface area contributed by atoms with Gasteiger partial charge in [0.2, 0.25) is 0 Å². The molecule has 0 bridgehead atoms. The van der Waals surface area contributed by atoms with Crippen LogP contribution in [0.25, 0.3) is 33.1 Å². The number of furan rings is 1. The van der Waals surface area contributed by atoms with Crippen molar-refractivity contribution in [3.63, 3.8) is 0 Å². The third-order valence-corrected chi connectivity index (χ3v) is 13.4. The monoisotopic (exact) mass is 640 g/mol. The summed E-state index contributed by atoms with van der Waals surface area (Å²) in [5.74, 6) is 0. The molecule has 3 aliphatic heterocycles. The lowest BCUT2D eigenvalue weighted by molar-refractivity contribution is 0.195. The van der Waals surface area contributed by atoms with Crippen molar-refractivity contribution in [2.45, 2.75) is 95.9 Å².